The molecule has 0 spiro atoms. The summed E-state index contributed by atoms with van der Waals surface area (Å²) in [6.07, 6.45) is 2.30. The second-order valence-corrected chi connectivity index (χ2v) is 4.51. The monoisotopic (exact) mass is 247 g/mol. The Labute approximate surface area is 106 Å². The largest absolute Gasteiger partial charge is 0.481 e. The van der Waals surface area contributed by atoms with Gasteiger partial charge in [-0.2, -0.15) is 0 Å². The zero-order valence-corrected chi connectivity index (χ0v) is 10.4. The molecular weight excluding hydrogens is 230 g/mol. The lowest BCUT2D eigenvalue weighted by Crippen LogP contribution is -2.33. The molecule has 0 heterocycles. The van der Waals surface area contributed by atoms with Crippen molar-refractivity contribution in [3.05, 3.63) is 29.3 Å². The Morgan fingerprint density at radius 1 is 1.44 bits per heavy atom. The van der Waals surface area contributed by atoms with Crippen LogP contribution in [0, 0.1) is 0 Å². The fourth-order valence-electron chi connectivity index (χ4n) is 2.19. The molecule has 1 aliphatic carbocycles. The van der Waals surface area contributed by atoms with Crippen molar-refractivity contribution in [3.8, 4) is 5.75 Å². The van der Waals surface area contributed by atoms with Crippen LogP contribution >= 0.6 is 0 Å². The number of aryl methyl sites for hydroxylation is 1. The molecule has 0 aliphatic heterocycles. The van der Waals surface area contributed by atoms with Gasteiger partial charge in [0.15, 0.2) is 11.9 Å². The number of hydrogen-bond acceptors (Lipinski definition) is 3. The standard InChI is InChI=1S/C14H17NO3/c1-2-13(14(15)17)18-10-7-6-9-4-3-5-12(16)11(9)8-10/h6-8,13H,2-5H2,1H3,(H2,15,17). The van der Waals surface area contributed by atoms with Crippen LogP contribution in [0.1, 0.15) is 42.1 Å². The minimum Gasteiger partial charge on any atom is -0.481 e. The highest BCUT2D eigenvalue weighted by Crippen LogP contribution is 2.26. The van der Waals surface area contributed by atoms with Crippen molar-refractivity contribution in [2.24, 2.45) is 5.73 Å². The number of carbonyl (C=O) groups excluding carboxylic acids is 2. The minimum absolute atomic E-state index is 0.147. The lowest BCUT2D eigenvalue weighted by atomic mass is 9.90. The van der Waals surface area contributed by atoms with Crippen LogP contribution in [-0.2, 0) is 11.2 Å². The van der Waals surface area contributed by atoms with Gasteiger partial charge in [0.25, 0.3) is 5.91 Å². The molecule has 2 rings (SSSR count). The molecule has 4 nitrogen and oxygen atoms in total. The van der Waals surface area contributed by atoms with Gasteiger partial charge in [-0.15, -0.1) is 0 Å². The van der Waals surface area contributed by atoms with E-state index in [4.69, 9.17) is 10.5 Å². The summed E-state index contributed by atoms with van der Waals surface area (Å²) in [5.74, 6) is 0.199. The number of nitrogens with two attached hydrogens (primary N) is 1. The Bertz CT molecular complexity index is 482. The average Bonchev–Trinajstić information content (AvgIpc) is 2.36. The first-order valence-corrected chi connectivity index (χ1v) is 6.24. The molecule has 0 radical (unpaired) electrons. The SMILES string of the molecule is CCC(Oc1ccc2c(c1)C(=O)CCC2)C(N)=O. The third kappa shape index (κ3) is 2.53. The van der Waals surface area contributed by atoms with E-state index in [0.29, 0.717) is 18.6 Å². The molecular formula is C14H17NO3. The summed E-state index contributed by atoms with van der Waals surface area (Å²) in [5.41, 5.74) is 7.01. The summed E-state index contributed by atoms with van der Waals surface area (Å²) in [6, 6.07) is 5.42. The second-order valence-electron chi connectivity index (χ2n) is 4.51. The topological polar surface area (TPSA) is 69.4 Å². The predicted octanol–water partition coefficient (Wildman–Crippen LogP) is 1.85. The molecule has 1 unspecified atom stereocenters. The molecule has 96 valence electrons. The Morgan fingerprint density at radius 3 is 2.89 bits per heavy atom. The van der Waals surface area contributed by atoms with Crippen molar-refractivity contribution >= 4 is 11.7 Å². The third-order valence-electron chi connectivity index (χ3n) is 3.20. The number of carbonyl (C=O) groups is 2. The average molecular weight is 247 g/mol. The van der Waals surface area contributed by atoms with Crippen LogP contribution in [0.3, 0.4) is 0 Å². The van der Waals surface area contributed by atoms with Gasteiger partial charge in [0.2, 0.25) is 0 Å². The molecule has 0 bridgehead atoms. The fourth-order valence-corrected chi connectivity index (χ4v) is 2.19. The van der Waals surface area contributed by atoms with Gasteiger partial charge in [-0.05, 0) is 37.0 Å². The number of ketones is 1. The maximum Gasteiger partial charge on any atom is 0.258 e. The van der Waals surface area contributed by atoms with E-state index >= 15 is 0 Å². The van der Waals surface area contributed by atoms with Crippen LogP contribution in [0.15, 0.2) is 18.2 Å². The van der Waals surface area contributed by atoms with E-state index in [9.17, 15) is 9.59 Å². The van der Waals surface area contributed by atoms with Crippen molar-refractivity contribution in [1.82, 2.24) is 0 Å². The predicted molar refractivity (Wildman–Crippen MR) is 67.6 cm³/mol. The van der Waals surface area contributed by atoms with E-state index in [0.717, 1.165) is 24.0 Å². The van der Waals surface area contributed by atoms with Crippen molar-refractivity contribution in [2.75, 3.05) is 0 Å². The lowest BCUT2D eigenvalue weighted by Gasteiger charge is -2.18. The first kappa shape index (κ1) is 12.6. The van der Waals surface area contributed by atoms with Crippen LogP contribution in [0.2, 0.25) is 0 Å². The van der Waals surface area contributed by atoms with Crippen molar-refractivity contribution in [2.45, 2.75) is 38.7 Å². The number of ether oxygens (including phenoxy) is 1. The molecule has 1 amide bonds. The number of primary amides is 1. The van der Waals surface area contributed by atoms with E-state index in [1.807, 2.05) is 13.0 Å². The summed E-state index contributed by atoms with van der Waals surface area (Å²) in [4.78, 5) is 22.9. The quantitative estimate of drug-likeness (QED) is 0.882. The molecule has 0 saturated carbocycles. The van der Waals surface area contributed by atoms with Crippen molar-refractivity contribution in [1.29, 1.82) is 0 Å². The van der Waals surface area contributed by atoms with Crippen LogP contribution in [0.25, 0.3) is 0 Å². The zero-order chi connectivity index (χ0) is 13.1. The smallest absolute Gasteiger partial charge is 0.258 e. The molecule has 1 aromatic carbocycles. The lowest BCUT2D eigenvalue weighted by molar-refractivity contribution is -0.124. The first-order valence-electron chi connectivity index (χ1n) is 6.24. The molecule has 0 saturated heterocycles. The summed E-state index contributed by atoms with van der Waals surface area (Å²) < 4.78 is 5.51. The number of benzene rings is 1. The number of amides is 1. The molecule has 18 heavy (non-hydrogen) atoms. The summed E-state index contributed by atoms with van der Waals surface area (Å²) in [6.45, 7) is 1.83. The Hall–Kier alpha value is -1.84. The molecule has 0 fully saturated rings. The van der Waals surface area contributed by atoms with E-state index in [1.165, 1.54) is 0 Å². The van der Waals surface area contributed by atoms with Crippen LogP contribution in [-0.4, -0.2) is 17.8 Å². The molecule has 2 N–H and O–H groups in total. The maximum atomic E-state index is 11.8. The molecule has 1 aliphatic rings. The Morgan fingerprint density at radius 2 is 2.22 bits per heavy atom. The van der Waals surface area contributed by atoms with Gasteiger partial charge in [-0.3, -0.25) is 9.59 Å². The van der Waals surface area contributed by atoms with Gasteiger partial charge in [-0.25, -0.2) is 0 Å². The van der Waals surface area contributed by atoms with Gasteiger partial charge >= 0.3 is 0 Å². The van der Waals surface area contributed by atoms with Crippen molar-refractivity contribution in [3.63, 3.8) is 0 Å². The first-order chi connectivity index (χ1) is 8.61. The van der Waals surface area contributed by atoms with Gasteiger partial charge in [0, 0.05) is 12.0 Å². The van der Waals surface area contributed by atoms with Crippen LogP contribution in [0.5, 0.6) is 5.75 Å². The Balaban J connectivity index is 2.23. The summed E-state index contributed by atoms with van der Waals surface area (Å²) >= 11 is 0. The number of rotatable bonds is 4. The molecule has 1 aromatic rings. The van der Waals surface area contributed by atoms with E-state index in [-0.39, 0.29) is 5.78 Å². The highest BCUT2D eigenvalue weighted by Gasteiger charge is 2.19. The van der Waals surface area contributed by atoms with Crippen LogP contribution in [0.4, 0.5) is 0 Å². The highest BCUT2D eigenvalue weighted by molar-refractivity contribution is 5.98. The maximum absolute atomic E-state index is 11.8. The number of Topliss-reactive ketones (excluding diaryl/α,β-unsaturated/α-hetero) is 1. The normalized spacial score (nSPS) is 15.9. The third-order valence-corrected chi connectivity index (χ3v) is 3.20. The van der Waals surface area contributed by atoms with Gasteiger partial charge in [0.1, 0.15) is 5.75 Å². The second kappa shape index (κ2) is 5.21. The van der Waals surface area contributed by atoms with Crippen molar-refractivity contribution < 1.29 is 14.3 Å². The van der Waals surface area contributed by atoms with Crippen LogP contribution < -0.4 is 10.5 Å². The van der Waals surface area contributed by atoms with E-state index < -0.39 is 12.0 Å². The highest BCUT2D eigenvalue weighted by atomic mass is 16.5. The fraction of sp³-hybridized carbons (Fsp3) is 0.429. The van der Waals surface area contributed by atoms with Gasteiger partial charge < -0.3 is 10.5 Å². The summed E-state index contributed by atoms with van der Waals surface area (Å²) in [5, 5.41) is 0. The van der Waals surface area contributed by atoms with E-state index in [2.05, 4.69) is 0 Å². The minimum atomic E-state index is -0.637. The molecule has 0 aromatic heterocycles. The van der Waals surface area contributed by atoms with E-state index in [1.54, 1.807) is 12.1 Å². The summed E-state index contributed by atoms with van der Waals surface area (Å²) in [7, 11) is 0. The van der Waals surface area contributed by atoms with Gasteiger partial charge in [-0.1, -0.05) is 13.0 Å². The molecule has 1 atom stereocenters. The molecule has 4 heteroatoms. The Kier molecular flexibility index (Phi) is 3.65. The van der Waals surface area contributed by atoms with Gasteiger partial charge in [0.05, 0.1) is 0 Å². The number of fused-ring (bicyclic) bond motifs is 1. The zero-order valence-electron chi connectivity index (χ0n) is 10.4. The number of hydrogen-bond donors (Lipinski definition) is 1.